The van der Waals surface area contributed by atoms with Crippen LogP contribution >= 0.6 is 0 Å². The molecule has 0 radical (unpaired) electrons. The average molecular weight is 249 g/mol. The summed E-state index contributed by atoms with van der Waals surface area (Å²) in [7, 11) is 0. The fourth-order valence-electron chi connectivity index (χ4n) is 2.00. The van der Waals surface area contributed by atoms with Crippen molar-refractivity contribution >= 4 is 11.5 Å². The number of nitrogens with one attached hydrogen (secondary N) is 1. The van der Waals surface area contributed by atoms with Gasteiger partial charge in [-0.25, -0.2) is 4.98 Å². The molecule has 0 aliphatic heterocycles. The third-order valence-electron chi connectivity index (χ3n) is 3.15. The van der Waals surface area contributed by atoms with Crippen molar-refractivity contribution in [3.8, 4) is 0 Å². The van der Waals surface area contributed by atoms with Gasteiger partial charge in [-0.3, -0.25) is 0 Å². The van der Waals surface area contributed by atoms with E-state index in [4.69, 9.17) is 5.73 Å². The van der Waals surface area contributed by atoms with Crippen LogP contribution in [0.15, 0.2) is 18.3 Å². The van der Waals surface area contributed by atoms with E-state index in [1.807, 2.05) is 12.1 Å². The first-order chi connectivity index (χ1) is 8.83. The van der Waals surface area contributed by atoms with Crippen molar-refractivity contribution in [3.63, 3.8) is 0 Å². The van der Waals surface area contributed by atoms with E-state index in [0.29, 0.717) is 5.82 Å². The van der Waals surface area contributed by atoms with Gasteiger partial charge in [0.25, 0.3) is 0 Å². The number of nitrogens with zero attached hydrogens (tertiary/aromatic N) is 1. The predicted octanol–water partition coefficient (Wildman–Crippen LogP) is 4.22. The molecule has 0 fully saturated rings. The molecular weight excluding hydrogens is 222 g/mol. The highest BCUT2D eigenvalue weighted by molar-refractivity contribution is 5.45. The van der Waals surface area contributed by atoms with E-state index >= 15 is 0 Å². The molecule has 0 bridgehead atoms. The lowest BCUT2D eigenvalue weighted by Gasteiger charge is -2.06. The highest BCUT2D eigenvalue weighted by Crippen LogP contribution is 2.10. The van der Waals surface area contributed by atoms with E-state index in [2.05, 4.69) is 17.2 Å². The van der Waals surface area contributed by atoms with Crippen molar-refractivity contribution in [1.82, 2.24) is 4.98 Å². The van der Waals surface area contributed by atoms with Gasteiger partial charge in [0, 0.05) is 6.54 Å². The number of hydrogen-bond acceptors (Lipinski definition) is 3. The highest BCUT2D eigenvalue weighted by Gasteiger charge is 1.93. The third kappa shape index (κ3) is 7.15. The Kier molecular flexibility index (Phi) is 8.02. The predicted molar refractivity (Wildman–Crippen MR) is 79.7 cm³/mol. The Morgan fingerprint density at radius 2 is 1.67 bits per heavy atom. The van der Waals surface area contributed by atoms with Crippen LogP contribution in [-0.2, 0) is 0 Å². The second kappa shape index (κ2) is 9.75. The minimum atomic E-state index is 0.577. The fourth-order valence-corrected chi connectivity index (χ4v) is 2.00. The summed E-state index contributed by atoms with van der Waals surface area (Å²) in [6, 6.07) is 3.81. The van der Waals surface area contributed by atoms with Gasteiger partial charge >= 0.3 is 0 Å². The first kappa shape index (κ1) is 14.8. The van der Waals surface area contributed by atoms with Crippen molar-refractivity contribution in [1.29, 1.82) is 0 Å². The Morgan fingerprint density at radius 3 is 2.28 bits per heavy atom. The average Bonchev–Trinajstić information content (AvgIpc) is 2.39. The number of aromatic nitrogens is 1. The highest BCUT2D eigenvalue weighted by atomic mass is 14.9. The maximum atomic E-state index is 5.53. The molecule has 102 valence electrons. The van der Waals surface area contributed by atoms with Crippen molar-refractivity contribution in [2.24, 2.45) is 0 Å². The maximum absolute atomic E-state index is 5.53. The van der Waals surface area contributed by atoms with Crippen LogP contribution in [0, 0.1) is 0 Å². The van der Waals surface area contributed by atoms with E-state index in [9.17, 15) is 0 Å². The number of nitrogen functional groups attached to an aromatic ring is 1. The number of pyridine rings is 1. The summed E-state index contributed by atoms with van der Waals surface area (Å²) in [5.41, 5.74) is 6.59. The van der Waals surface area contributed by atoms with E-state index in [1.165, 1.54) is 51.4 Å². The number of hydrogen-bond donors (Lipinski definition) is 2. The van der Waals surface area contributed by atoms with Crippen LogP contribution in [0.1, 0.15) is 58.3 Å². The summed E-state index contributed by atoms with van der Waals surface area (Å²) in [5, 5.41) is 3.37. The summed E-state index contributed by atoms with van der Waals surface area (Å²) in [6.45, 7) is 3.29. The lowest BCUT2D eigenvalue weighted by molar-refractivity contribution is 0.581. The Hall–Kier alpha value is -1.25. The summed E-state index contributed by atoms with van der Waals surface area (Å²) in [4.78, 5) is 4.05. The smallest absolute Gasteiger partial charge is 0.123 e. The van der Waals surface area contributed by atoms with Gasteiger partial charge in [-0.1, -0.05) is 51.9 Å². The second-order valence-corrected chi connectivity index (χ2v) is 4.87. The summed E-state index contributed by atoms with van der Waals surface area (Å²) >= 11 is 0. The van der Waals surface area contributed by atoms with Crippen LogP contribution < -0.4 is 11.1 Å². The SMILES string of the molecule is CCCCCCCCCCNc1ccc(N)nc1. The van der Waals surface area contributed by atoms with Gasteiger partial charge in [-0.15, -0.1) is 0 Å². The molecule has 1 aromatic heterocycles. The topological polar surface area (TPSA) is 50.9 Å². The largest absolute Gasteiger partial charge is 0.384 e. The van der Waals surface area contributed by atoms with Crippen LogP contribution in [0.2, 0.25) is 0 Å². The molecule has 0 aliphatic carbocycles. The summed E-state index contributed by atoms with van der Waals surface area (Å²) in [5.74, 6) is 0.577. The standard InChI is InChI=1S/C15H27N3/c1-2-3-4-5-6-7-8-9-12-17-14-10-11-15(16)18-13-14/h10-11,13,17H,2-9,12H2,1H3,(H2,16,18). The van der Waals surface area contributed by atoms with Gasteiger partial charge in [0.15, 0.2) is 0 Å². The van der Waals surface area contributed by atoms with E-state index in [0.717, 1.165) is 12.2 Å². The molecular formula is C15H27N3. The van der Waals surface area contributed by atoms with E-state index in [-0.39, 0.29) is 0 Å². The molecule has 0 atom stereocenters. The molecule has 1 rings (SSSR count). The fraction of sp³-hybridized carbons (Fsp3) is 0.667. The molecule has 0 aliphatic rings. The summed E-state index contributed by atoms with van der Waals surface area (Å²) < 4.78 is 0. The lowest BCUT2D eigenvalue weighted by Crippen LogP contribution is -2.02. The van der Waals surface area contributed by atoms with E-state index in [1.54, 1.807) is 6.20 Å². The van der Waals surface area contributed by atoms with Crippen LogP contribution in [0.3, 0.4) is 0 Å². The van der Waals surface area contributed by atoms with E-state index < -0.39 is 0 Å². The maximum Gasteiger partial charge on any atom is 0.123 e. The molecule has 3 heteroatoms. The first-order valence-corrected chi connectivity index (χ1v) is 7.28. The van der Waals surface area contributed by atoms with Crippen molar-refractivity contribution < 1.29 is 0 Å². The van der Waals surface area contributed by atoms with Crippen LogP contribution in [0.4, 0.5) is 11.5 Å². The number of anilines is 2. The van der Waals surface area contributed by atoms with Gasteiger partial charge in [-0.2, -0.15) is 0 Å². The summed E-state index contributed by atoms with van der Waals surface area (Å²) in [6.07, 6.45) is 12.6. The van der Waals surface area contributed by atoms with Gasteiger partial charge in [0.1, 0.15) is 5.82 Å². The van der Waals surface area contributed by atoms with Crippen LogP contribution in [-0.4, -0.2) is 11.5 Å². The molecule has 3 nitrogen and oxygen atoms in total. The van der Waals surface area contributed by atoms with Gasteiger partial charge in [0.05, 0.1) is 11.9 Å². The van der Waals surface area contributed by atoms with Crippen molar-refractivity contribution in [3.05, 3.63) is 18.3 Å². The van der Waals surface area contributed by atoms with Crippen molar-refractivity contribution in [2.75, 3.05) is 17.6 Å². The Balaban J connectivity index is 1.91. The Morgan fingerprint density at radius 1 is 1.00 bits per heavy atom. The Labute approximate surface area is 111 Å². The normalized spacial score (nSPS) is 10.5. The third-order valence-corrected chi connectivity index (χ3v) is 3.15. The quantitative estimate of drug-likeness (QED) is 0.610. The zero-order valence-corrected chi connectivity index (χ0v) is 11.6. The first-order valence-electron chi connectivity index (χ1n) is 7.28. The van der Waals surface area contributed by atoms with Gasteiger partial charge < -0.3 is 11.1 Å². The van der Waals surface area contributed by atoms with Crippen LogP contribution in [0.5, 0.6) is 0 Å². The molecule has 0 saturated heterocycles. The number of rotatable bonds is 10. The molecule has 0 amide bonds. The Bertz CT molecular complexity index is 295. The van der Waals surface area contributed by atoms with Crippen LogP contribution in [0.25, 0.3) is 0 Å². The molecule has 0 unspecified atom stereocenters. The molecule has 18 heavy (non-hydrogen) atoms. The van der Waals surface area contributed by atoms with Gasteiger partial charge in [-0.05, 0) is 18.6 Å². The minimum Gasteiger partial charge on any atom is -0.384 e. The molecule has 1 heterocycles. The zero-order chi connectivity index (χ0) is 13.1. The number of unbranched alkanes of at least 4 members (excludes halogenated alkanes) is 7. The molecule has 3 N–H and O–H groups in total. The zero-order valence-electron chi connectivity index (χ0n) is 11.6. The second-order valence-electron chi connectivity index (χ2n) is 4.87. The number of nitrogens with two attached hydrogens (primary N) is 1. The molecule has 0 spiro atoms. The molecule has 0 aromatic carbocycles. The lowest BCUT2D eigenvalue weighted by atomic mass is 10.1. The molecule has 1 aromatic rings. The minimum absolute atomic E-state index is 0.577. The molecule has 0 saturated carbocycles. The monoisotopic (exact) mass is 249 g/mol. The van der Waals surface area contributed by atoms with Gasteiger partial charge in [0.2, 0.25) is 0 Å². The van der Waals surface area contributed by atoms with Crippen molar-refractivity contribution in [2.45, 2.75) is 58.3 Å².